The van der Waals surface area contributed by atoms with Crippen LogP contribution in [0.2, 0.25) is 0 Å². The molecule has 26 heavy (non-hydrogen) atoms. The summed E-state index contributed by atoms with van der Waals surface area (Å²) in [6, 6.07) is 6.10. The first kappa shape index (κ1) is 17.3. The highest BCUT2D eigenvalue weighted by atomic mass is 16.5. The monoisotopic (exact) mass is 354 g/mol. The van der Waals surface area contributed by atoms with Gasteiger partial charge in [-0.3, -0.25) is 0 Å². The number of rotatable bonds is 2. The minimum absolute atomic E-state index is 0.0265. The Morgan fingerprint density at radius 3 is 2.81 bits per heavy atom. The maximum Gasteiger partial charge on any atom is 0.151 e. The fraction of sp³-hybridized carbons (Fsp3) is 0.500. The molecule has 3 aliphatic carbocycles. The number of aliphatic hydroxyl groups is 2. The van der Waals surface area contributed by atoms with E-state index in [-0.39, 0.29) is 11.8 Å². The smallest absolute Gasteiger partial charge is 0.151 e. The Kier molecular flexibility index (Phi) is 4.19. The third-order valence-corrected chi connectivity index (χ3v) is 6.61. The lowest BCUT2D eigenvalue weighted by Crippen LogP contribution is -2.36. The van der Waals surface area contributed by atoms with Gasteiger partial charge in [0.15, 0.2) is 6.29 Å². The second kappa shape index (κ2) is 6.27. The summed E-state index contributed by atoms with van der Waals surface area (Å²) < 4.78 is 5.53. The normalized spacial score (nSPS) is 30.9. The Balaban J connectivity index is 1.77. The van der Waals surface area contributed by atoms with Crippen LogP contribution < -0.4 is 4.74 Å². The number of carbonyl (C=O) groups is 1. The molecule has 4 nitrogen and oxygen atoms in total. The predicted octanol–water partition coefficient (Wildman–Crippen LogP) is 3.67. The lowest BCUT2D eigenvalue weighted by Gasteiger charge is -2.39. The van der Waals surface area contributed by atoms with Crippen LogP contribution in [0.4, 0.5) is 0 Å². The van der Waals surface area contributed by atoms with Gasteiger partial charge in [0.25, 0.3) is 0 Å². The van der Waals surface area contributed by atoms with Crippen LogP contribution in [0.3, 0.4) is 0 Å². The average Bonchev–Trinajstić information content (AvgIpc) is 2.84. The van der Waals surface area contributed by atoms with E-state index < -0.39 is 5.60 Å². The molecule has 3 atom stereocenters. The lowest BCUT2D eigenvalue weighted by atomic mass is 9.67. The molecule has 0 aliphatic heterocycles. The first-order chi connectivity index (χ1) is 12.5. The summed E-state index contributed by atoms with van der Waals surface area (Å²) in [4.78, 5) is 11.5. The van der Waals surface area contributed by atoms with Crippen molar-refractivity contribution in [3.8, 4) is 5.75 Å². The van der Waals surface area contributed by atoms with Crippen molar-refractivity contribution < 1.29 is 19.7 Å². The van der Waals surface area contributed by atoms with E-state index in [1.807, 2.05) is 12.1 Å². The van der Waals surface area contributed by atoms with Gasteiger partial charge in [0, 0.05) is 12.0 Å². The minimum Gasteiger partial charge on any atom is -0.508 e. The predicted molar refractivity (Wildman–Crippen MR) is 99.2 cm³/mol. The highest BCUT2D eigenvalue weighted by molar-refractivity contribution is 5.63. The summed E-state index contributed by atoms with van der Waals surface area (Å²) in [6.45, 7) is 2.17. The Morgan fingerprint density at radius 1 is 1.27 bits per heavy atom. The zero-order valence-corrected chi connectivity index (χ0v) is 15.4. The van der Waals surface area contributed by atoms with Crippen LogP contribution in [0.5, 0.6) is 5.75 Å². The molecule has 0 aromatic heterocycles. The van der Waals surface area contributed by atoms with Crippen molar-refractivity contribution in [2.24, 2.45) is 11.8 Å². The average molecular weight is 354 g/mol. The summed E-state index contributed by atoms with van der Waals surface area (Å²) in [6.07, 6.45) is 4.50. The van der Waals surface area contributed by atoms with Gasteiger partial charge in [-0.2, -0.15) is 0 Å². The topological polar surface area (TPSA) is 66.8 Å². The molecular weight excluding hydrogens is 328 g/mol. The molecule has 0 saturated heterocycles. The highest BCUT2D eigenvalue weighted by Gasteiger charge is 2.43. The Bertz CT molecular complexity index is 819. The number of aliphatic hydroxyl groups excluding tert-OH is 1. The quantitative estimate of drug-likeness (QED) is 0.795. The van der Waals surface area contributed by atoms with Crippen molar-refractivity contribution in [2.45, 2.75) is 51.0 Å². The van der Waals surface area contributed by atoms with Crippen molar-refractivity contribution >= 4 is 6.29 Å². The number of hydrogen-bond donors (Lipinski definition) is 2. The molecule has 4 rings (SSSR count). The Hall–Kier alpha value is -2.07. The summed E-state index contributed by atoms with van der Waals surface area (Å²) >= 11 is 0. The molecule has 1 saturated carbocycles. The molecule has 0 amide bonds. The first-order valence-corrected chi connectivity index (χ1v) is 9.45. The number of fused-ring (bicyclic) bond motifs is 2. The van der Waals surface area contributed by atoms with E-state index in [0.717, 1.165) is 41.7 Å². The van der Waals surface area contributed by atoms with Crippen molar-refractivity contribution in [3.63, 3.8) is 0 Å². The van der Waals surface area contributed by atoms with Crippen molar-refractivity contribution in [1.29, 1.82) is 0 Å². The Labute approximate surface area is 154 Å². The molecule has 3 aliphatic rings. The van der Waals surface area contributed by atoms with E-state index in [4.69, 9.17) is 4.74 Å². The lowest BCUT2D eigenvalue weighted by molar-refractivity contribution is -0.126. The molecule has 4 heteroatoms. The third-order valence-electron chi connectivity index (χ3n) is 6.61. The highest BCUT2D eigenvalue weighted by Crippen LogP contribution is 2.50. The minimum atomic E-state index is -1.27. The molecule has 0 spiro atoms. The molecule has 2 N–H and O–H groups in total. The molecule has 138 valence electrons. The second-order valence-corrected chi connectivity index (χ2v) is 8.00. The van der Waals surface area contributed by atoms with Gasteiger partial charge in [-0.05, 0) is 66.7 Å². The van der Waals surface area contributed by atoms with Gasteiger partial charge in [-0.25, -0.2) is 0 Å². The van der Waals surface area contributed by atoms with E-state index in [1.54, 1.807) is 7.11 Å². The Morgan fingerprint density at radius 2 is 2.08 bits per heavy atom. The largest absolute Gasteiger partial charge is 0.508 e. The van der Waals surface area contributed by atoms with Crippen LogP contribution >= 0.6 is 0 Å². The van der Waals surface area contributed by atoms with Gasteiger partial charge in [0.05, 0.1) is 7.11 Å². The summed E-state index contributed by atoms with van der Waals surface area (Å²) in [5.41, 5.74) is 4.42. The van der Waals surface area contributed by atoms with Gasteiger partial charge < -0.3 is 19.7 Å². The van der Waals surface area contributed by atoms with Gasteiger partial charge in [-0.15, -0.1) is 0 Å². The molecule has 0 bridgehead atoms. The number of hydrogen-bond acceptors (Lipinski definition) is 4. The maximum absolute atomic E-state index is 11.5. The van der Waals surface area contributed by atoms with Gasteiger partial charge in [-0.1, -0.05) is 24.6 Å². The van der Waals surface area contributed by atoms with Crippen molar-refractivity contribution in [2.75, 3.05) is 7.11 Å². The molecular formula is C22H26O4. The molecule has 0 radical (unpaired) electrons. The zero-order valence-electron chi connectivity index (χ0n) is 15.4. The van der Waals surface area contributed by atoms with Crippen LogP contribution in [-0.2, 0) is 17.6 Å². The van der Waals surface area contributed by atoms with Crippen LogP contribution in [0.15, 0.2) is 40.7 Å². The van der Waals surface area contributed by atoms with Gasteiger partial charge >= 0.3 is 0 Å². The van der Waals surface area contributed by atoms with E-state index in [9.17, 15) is 15.0 Å². The van der Waals surface area contributed by atoms with Crippen molar-refractivity contribution in [1.82, 2.24) is 0 Å². The SMILES string of the molecule is COc1cccc2c1CC1=C(C2)C(C)C2C[C@@](O)(C=O)CCCC2=C1O. The third kappa shape index (κ3) is 2.59. The maximum atomic E-state index is 11.5. The molecule has 1 fully saturated rings. The number of aldehydes is 1. The van der Waals surface area contributed by atoms with Gasteiger partial charge in [0.2, 0.25) is 0 Å². The van der Waals surface area contributed by atoms with Crippen LogP contribution in [0.1, 0.15) is 43.7 Å². The van der Waals surface area contributed by atoms with Crippen LogP contribution in [-0.4, -0.2) is 29.2 Å². The fourth-order valence-corrected chi connectivity index (χ4v) is 5.14. The summed E-state index contributed by atoms with van der Waals surface area (Å²) in [5.74, 6) is 1.51. The second-order valence-electron chi connectivity index (χ2n) is 8.00. The standard InChI is InChI=1S/C22H26O4/c1-13-16-9-14-5-3-7-20(26-2)17(14)10-18(16)21(24)15-6-4-8-22(25,12-23)11-19(13)15/h3,5,7,12-13,19,24-25H,4,6,8-11H2,1-2H3/t13?,19?,22-/m1/s1. The van der Waals surface area contributed by atoms with Crippen LogP contribution in [0, 0.1) is 11.8 Å². The number of carbonyl (C=O) groups excluding carboxylic acids is 1. The number of ether oxygens (including phenoxy) is 1. The number of allylic oxidation sites excluding steroid dienone is 3. The molecule has 1 aromatic rings. The molecule has 2 unspecified atom stereocenters. The van der Waals surface area contributed by atoms with E-state index in [2.05, 4.69) is 13.0 Å². The van der Waals surface area contributed by atoms with E-state index in [1.165, 1.54) is 11.1 Å². The fourth-order valence-electron chi connectivity index (χ4n) is 5.14. The summed E-state index contributed by atoms with van der Waals surface area (Å²) in [5, 5.41) is 21.7. The number of benzene rings is 1. The summed E-state index contributed by atoms with van der Waals surface area (Å²) in [7, 11) is 1.68. The van der Waals surface area contributed by atoms with Gasteiger partial charge in [0.1, 0.15) is 17.1 Å². The molecule has 0 heterocycles. The first-order valence-electron chi connectivity index (χ1n) is 9.45. The molecule has 1 aromatic carbocycles. The van der Waals surface area contributed by atoms with Crippen LogP contribution in [0.25, 0.3) is 0 Å². The van der Waals surface area contributed by atoms with E-state index in [0.29, 0.717) is 31.3 Å². The van der Waals surface area contributed by atoms with E-state index >= 15 is 0 Å². The number of methoxy groups -OCH3 is 1. The zero-order chi connectivity index (χ0) is 18.5. The van der Waals surface area contributed by atoms with Crippen molar-refractivity contribution in [3.05, 3.63) is 51.8 Å².